The van der Waals surface area contributed by atoms with E-state index in [4.69, 9.17) is 31.4 Å². The number of pyridine rings is 1. The molecule has 0 unspecified atom stereocenters. The monoisotopic (exact) mass is 616 g/mol. The lowest BCUT2D eigenvalue weighted by Crippen LogP contribution is -2.43. The molecule has 3 saturated heterocycles. The highest BCUT2D eigenvalue weighted by Crippen LogP contribution is 2.44. The Bertz CT molecular complexity index is 1900. The lowest BCUT2D eigenvalue weighted by molar-refractivity contribution is 0.107. The molecule has 4 aromatic rings. The van der Waals surface area contributed by atoms with Crippen LogP contribution in [0.1, 0.15) is 31.2 Å². The highest BCUT2D eigenvalue weighted by atomic mass is 19.1. The zero-order valence-electron chi connectivity index (χ0n) is 24.5. The molecule has 0 amide bonds. The number of nitrogen functional groups attached to an aromatic ring is 1. The minimum absolute atomic E-state index is 0.0263. The lowest BCUT2D eigenvalue weighted by Gasteiger charge is -2.31. The van der Waals surface area contributed by atoms with Gasteiger partial charge in [0.05, 0.1) is 23.8 Å². The number of hydrogen-bond donors (Lipinski definition) is 1. The maximum absolute atomic E-state index is 16.9. The highest BCUT2D eigenvalue weighted by Gasteiger charge is 2.49. The van der Waals surface area contributed by atoms with Crippen LogP contribution in [0.3, 0.4) is 0 Å². The predicted molar refractivity (Wildman–Crippen MR) is 163 cm³/mol. The van der Waals surface area contributed by atoms with Crippen molar-refractivity contribution in [3.8, 4) is 35.5 Å². The molecule has 8 rings (SSSR count). The molecular weight excluding hydrogens is 585 g/mol. The van der Waals surface area contributed by atoms with Crippen molar-refractivity contribution in [3.05, 3.63) is 41.5 Å². The van der Waals surface area contributed by atoms with E-state index < -0.39 is 23.3 Å². The Labute approximate surface area is 257 Å². The zero-order valence-corrected chi connectivity index (χ0v) is 24.5. The maximum atomic E-state index is 16.9. The van der Waals surface area contributed by atoms with Crippen molar-refractivity contribution in [3.63, 3.8) is 0 Å². The van der Waals surface area contributed by atoms with Gasteiger partial charge in [-0.05, 0) is 49.4 Å². The van der Waals surface area contributed by atoms with Crippen LogP contribution >= 0.6 is 0 Å². The third-order valence-electron chi connectivity index (χ3n) is 9.56. The zero-order chi connectivity index (χ0) is 30.9. The van der Waals surface area contributed by atoms with Crippen molar-refractivity contribution in [2.45, 2.75) is 43.4 Å². The number of benzene rings is 2. The standard InChI is InChI=1S/C33H31F3N6O3/c1-2-22-24(35)6-5-18-11-20(37)12-23(25(18)22)28-27(36)29-26-30(42-9-4-10-43-15-21(42)16-44-31(26)38-28)40-32(39-29)45-17-33-7-3-8-41(33)14-19(34)13-33/h1,5-6,11-12,19,21H,3-4,7-10,13-17,37H2/t19-,21+,33+/m1/s1. The molecule has 45 heavy (non-hydrogen) atoms. The van der Waals surface area contributed by atoms with Crippen molar-refractivity contribution in [1.82, 2.24) is 19.9 Å². The average molecular weight is 617 g/mol. The summed E-state index contributed by atoms with van der Waals surface area (Å²) in [7, 11) is 0. The van der Waals surface area contributed by atoms with Gasteiger partial charge in [0.2, 0.25) is 5.88 Å². The van der Waals surface area contributed by atoms with Gasteiger partial charge in [-0.1, -0.05) is 12.0 Å². The number of rotatable bonds is 4. The topological polar surface area (TPSA) is 98.9 Å². The molecule has 0 spiro atoms. The maximum Gasteiger partial charge on any atom is 0.319 e. The summed E-state index contributed by atoms with van der Waals surface area (Å²) in [6, 6.07) is 5.72. The van der Waals surface area contributed by atoms with Crippen molar-refractivity contribution in [2.75, 3.05) is 56.7 Å². The molecule has 9 nitrogen and oxygen atoms in total. The smallest absolute Gasteiger partial charge is 0.319 e. The molecule has 232 valence electrons. The van der Waals surface area contributed by atoms with E-state index in [0.29, 0.717) is 60.4 Å². The molecule has 3 atom stereocenters. The van der Waals surface area contributed by atoms with E-state index in [2.05, 4.69) is 20.8 Å². The number of alkyl halides is 1. The van der Waals surface area contributed by atoms with E-state index in [1.54, 1.807) is 12.1 Å². The molecule has 4 aliphatic rings. The Morgan fingerprint density at radius 1 is 1.11 bits per heavy atom. The summed E-state index contributed by atoms with van der Waals surface area (Å²) in [5.41, 5.74) is 6.08. The molecule has 12 heteroatoms. The van der Waals surface area contributed by atoms with Gasteiger partial charge in [0, 0.05) is 42.8 Å². The van der Waals surface area contributed by atoms with Crippen LogP contribution in [0.2, 0.25) is 0 Å². The molecule has 0 aliphatic carbocycles. The van der Waals surface area contributed by atoms with Crippen LogP contribution in [0, 0.1) is 24.0 Å². The SMILES string of the molecule is C#Cc1c(F)ccc2cc(N)cc(-c3nc4c5c(nc(OC[C@@]67CCCN6C[C@H](F)C7)nc5c3F)N3CCCOC[C@H]3CO4)c12. The Morgan fingerprint density at radius 3 is 2.87 bits per heavy atom. The van der Waals surface area contributed by atoms with Crippen molar-refractivity contribution < 1.29 is 27.4 Å². The second-order valence-corrected chi connectivity index (χ2v) is 12.3. The number of fused-ring (bicyclic) bond motifs is 4. The number of hydrogen-bond acceptors (Lipinski definition) is 9. The van der Waals surface area contributed by atoms with Gasteiger partial charge in [0.1, 0.15) is 47.6 Å². The van der Waals surface area contributed by atoms with Gasteiger partial charge >= 0.3 is 6.01 Å². The number of nitrogens with two attached hydrogens (primary N) is 1. The summed E-state index contributed by atoms with van der Waals surface area (Å²) in [5, 5.41) is 1.14. The van der Waals surface area contributed by atoms with Crippen LogP contribution in [-0.2, 0) is 4.74 Å². The van der Waals surface area contributed by atoms with E-state index in [1.807, 2.05) is 4.90 Å². The van der Waals surface area contributed by atoms with E-state index in [1.165, 1.54) is 12.1 Å². The molecule has 2 aromatic carbocycles. The first-order valence-electron chi connectivity index (χ1n) is 15.2. The number of halogens is 3. The van der Waals surface area contributed by atoms with E-state index in [-0.39, 0.29) is 53.5 Å². The Hall–Kier alpha value is -4.34. The van der Waals surface area contributed by atoms with Gasteiger partial charge in [-0.2, -0.15) is 9.97 Å². The Kier molecular flexibility index (Phi) is 6.65. The minimum Gasteiger partial charge on any atom is -0.475 e. The normalized spacial score (nSPS) is 24.5. The number of nitrogens with zero attached hydrogens (tertiary/aromatic N) is 5. The first-order valence-corrected chi connectivity index (χ1v) is 15.2. The third kappa shape index (κ3) is 4.51. The van der Waals surface area contributed by atoms with E-state index in [0.717, 1.165) is 25.8 Å². The van der Waals surface area contributed by atoms with Crippen LogP contribution < -0.4 is 20.1 Å². The predicted octanol–water partition coefficient (Wildman–Crippen LogP) is 4.63. The van der Waals surface area contributed by atoms with Crippen LogP contribution in [0.25, 0.3) is 32.9 Å². The summed E-state index contributed by atoms with van der Waals surface area (Å²) in [6.07, 6.45) is 7.65. The molecule has 0 radical (unpaired) electrons. The highest BCUT2D eigenvalue weighted by molar-refractivity contribution is 6.04. The van der Waals surface area contributed by atoms with Crippen molar-refractivity contribution in [1.29, 1.82) is 0 Å². The molecule has 2 aromatic heterocycles. The van der Waals surface area contributed by atoms with Crippen molar-refractivity contribution in [2.24, 2.45) is 0 Å². The lowest BCUT2D eigenvalue weighted by atomic mass is 9.95. The quantitative estimate of drug-likeness (QED) is 0.260. The number of terminal acetylenes is 1. The van der Waals surface area contributed by atoms with Gasteiger partial charge < -0.3 is 24.8 Å². The van der Waals surface area contributed by atoms with Gasteiger partial charge in [0.25, 0.3) is 0 Å². The van der Waals surface area contributed by atoms with Gasteiger partial charge in [-0.25, -0.2) is 18.2 Å². The fourth-order valence-corrected chi connectivity index (χ4v) is 7.52. The average Bonchev–Trinajstić information content (AvgIpc) is 3.38. The van der Waals surface area contributed by atoms with Crippen LogP contribution in [0.15, 0.2) is 24.3 Å². The number of ether oxygens (including phenoxy) is 3. The molecule has 0 saturated carbocycles. The molecule has 2 N–H and O–H groups in total. The largest absolute Gasteiger partial charge is 0.475 e. The van der Waals surface area contributed by atoms with E-state index >= 15 is 4.39 Å². The summed E-state index contributed by atoms with van der Waals surface area (Å²) in [5.74, 6) is 1.56. The second-order valence-electron chi connectivity index (χ2n) is 12.3. The first kappa shape index (κ1) is 28.2. The Balaban J connectivity index is 1.33. The molecule has 3 fully saturated rings. The summed E-state index contributed by atoms with van der Waals surface area (Å²) >= 11 is 0. The van der Waals surface area contributed by atoms with Crippen LogP contribution in [0.4, 0.5) is 24.7 Å². The third-order valence-corrected chi connectivity index (χ3v) is 9.56. The number of aromatic nitrogens is 3. The van der Waals surface area contributed by atoms with Crippen molar-refractivity contribution >= 4 is 33.2 Å². The number of anilines is 2. The fraction of sp³-hybridized carbons (Fsp3) is 0.424. The summed E-state index contributed by atoms with van der Waals surface area (Å²) < 4.78 is 64.6. The van der Waals surface area contributed by atoms with Gasteiger partial charge in [-0.15, -0.1) is 6.42 Å². The Morgan fingerprint density at radius 2 is 2.00 bits per heavy atom. The van der Waals surface area contributed by atoms with Gasteiger partial charge in [0.15, 0.2) is 5.82 Å². The molecule has 6 heterocycles. The van der Waals surface area contributed by atoms with E-state index in [9.17, 15) is 8.78 Å². The van der Waals surface area contributed by atoms with Gasteiger partial charge in [-0.3, -0.25) is 4.90 Å². The second kappa shape index (κ2) is 10.6. The fourth-order valence-electron chi connectivity index (χ4n) is 7.52. The molecule has 0 bridgehead atoms. The van der Waals surface area contributed by atoms with Crippen LogP contribution in [0.5, 0.6) is 11.9 Å². The summed E-state index contributed by atoms with van der Waals surface area (Å²) in [4.78, 5) is 18.2. The van der Waals surface area contributed by atoms with Crippen LogP contribution in [-0.4, -0.2) is 83.7 Å². The first-order chi connectivity index (χ1) is 21.8. The molecular formula is C33H31F3N6O3. The molecule has 4 aliphatic heterocycles. The summed E-state index contributed by atoms with van der Waals surface area (Å²) in [6.45, 7) is 3.11. The minimum atomic E-state index is -0.925.